The first kappa shape index (κ1) is 26.3. The van der Waals surface area contributed by atoms with Gasteiger partial charge in [0.2, 0.25) is 6.71 Å². The molecule has 0 atom stereocenters. The van der Waals surface area contributed by atoms with E-state index in [1.807, 2.05) is 34.0 Å². The molecular formula is C39H28BNS3. The summed E-state index contributed by atoms with van der Waals surface area (Å²) in [5.74, 6) is 0. The Labute approximate surface area is 270 Å². The number of hydrogen-bond acceptors (Lipinski definition) is 4. The van der Waals surface area contributed by atoms with Gasteiger partial charge < -0.3 is 0 Å². The van der Waals surface area contributed by atoms with Crippen LogP contribution in [0.25, 0.3) is 31.3 Å². The third-order valence-electron chi connectivity index (χ3n) is 9.21. The number of nitrogens with zero attached hydrogens (tertiary/aromatic N) is 1. The van der Waals surface area contributed by atoms with Crippen molar-refractivity contribution in [2.24, 2.45) is 0 Å². The van der Waals surface area contributed by atoms with Crippen molar-refractivity contribution < 1.29 is 0 Å². The van der Waals surface area contributed by atoms with Gasteiger partial charge >= 0.3 is 0 Å². The Morgan fingerprint density at radius 3 is 1.86 bits per heavy atom. The minimum atomic E-state index is -0.131. The number of fused-ring (bicyclic) bond motifs is 4. The van der Waals surface area contributed by atoms with E-state index < -0.39 is 0 Å². The van der Waals surface area contributed by atoms with Crippen molar-refractivity contribution in [3.8, 4) is 31.3 Å². The fourth-order valence-electron chi connectivity index (χ4n) is 7.23. The number of thiophene rings is 3. The van der Waals surface area contributed by atoms with Crippen molar-refractivity contribution in [2.45, 2.75) is 19.3 Å². The predicted molar refractivity (Wildman–Crippen MR) is 194 cm³/mol. The molecule has 5 heteroatoms. The molecule has 0 saturated heterocycles. The summed E-state index contributed by atoms with van der Waals surface area (Å²) in [4.78, 5) is 6.61. The van der Waals surface area contributed by atoms with E-state index in [4.69, 9.17) is 0 Å². The standard InChI is InChI=1S/C39H28BNS3/c1-39(2)28-20-12-13-21-29(28)40-30-24-32(26-16-8-4-9-17-26)43-37(30)41(33-23-22-31(42-33)25-14-6-3-7-15-25)38-35(40)34(39)36(44-38)27-18-10-5-11-19-27/h3-24H,1-2H3. The maximum absolute atomic E-state index is 2.60. The van der Waals surface area contributed by atoms with Gasteiger partial charge in [0, 0.05) is 20.0 Å². The van der Waals surface area contributed by atoms with Crippen LogP contribution in [0.3, 0.4) is 0 Å². The van der Waals surface area contributed by atoms with Crippen LogP contribution in [0.15, 0.2) is 133 Å². The molecule has 5 heterocycles. The van der Waals surface area contributed by atoms with Crippen LogP contribution in [0.4, 0.5) is 15.0 Å². The maximum Gasteiger partial charge on any atom is 0.249 e. The lowest BCUT2D eigenvalue weighted by Gasteiger charge is -2.41. The topological polar surface area (TPSA) is 3.24 Å². The molecule has 0 bridgehead atoms. The molecular weight excluding hydrogens is 589 g/mol. The van der Waals surface area contributed by atoms with E-state index >= 15 is 0 Å². The van der Waals surface area contributed by atoms with Crippen molar-refractivity contribution in [1.82, 2.24) is 0 Å². The van der Waals surface area contributed by atoms with Crippen LogP contribution in [0.1, 0.15) is 25.0 Å². The molecule has 0 spiro atoms. The lowest BCUT2D eigenvalue weighted by molar-refractivity contribution is 0.650. The van der Waals surface area contributed by atoms with E-state index in [1.54, 1.807) is 0 Å². The summed E-state index contributed by atoms with van der Waals surface area (Å²) in [5, 5.41) is 3.97. The fourth-order valence-corrected chi connectivity index (χ4v) is 11.2. The van der Waals surface area contributed by atoms with Crippen LogP contribution in [0.5, 0.6) is 0 Å². The Hall–Kier alpha value is -4.16. The molecule has 2 aliphatic rings. The first-order valence-corrected chi connectivity index (χ1v) is 17.5. The summed E-state index contributed by atoms with van der Waals surface area (Å²) in [6.07, 6.45) is 0. The Balaban J connectivity index is 1.35. The van der Waals surface area contributed by atoms with E-state index in [-0.39, 0.29) is 12.1 Å². The zero-order valence-corrected chi connectivity index (χ0v) is 26.9. The average molecular weight is 618 g/mol. The molecule has 0 amide bonds. The van der Waals surface area contributed by atoms with E-state index in [0.717, 1.165) is 0 Å². The normalized spacial score (nSPS) is 14.2. The molecule has 9 rings (SSSR count). The minimum Gasteiger partial charge on any atom is -0.285 e. The highest BCUT2D eigenvalue weighted by Gasteiger charge is 2.49. The quantitative estimate of drug-likeness (QED) is 0.178. The highest BCUT2D eigenvalue weighted by Crippen LogP contribution is 2.54. The lowest BCUT2D eigenvalue weighted by atomic mass is 9.31. The van der Waals surface area contributed by atoms with Crippen molar-refractivity contribution in [3.05, 3.63) is 145 Å². The van der Waals surface area contributed by atoms with Gasteiger partial charge in [-0.15, -0.1) is 34.0 Å². The lowest BCUT2D eigenvalue weighted by Crippen LogP contribution is -2.62. The van der Waals surface area contributed by atoms with Gasteiger partial charge in [-0.3, -0.25) is 4.90 Å². The molecule has 2 aliphatic heterocycles. The summed E-state index contributed by atoms with van der Waals surface area (Å²) in [5.41, 5.74) is 11.0. The van der Waals surface area contributed by atoms with Gasteiger partial charge in [-0.05, 0) is 56.9 Å². The van der Waals surface area contributed by atoms with Crippen LogP contribution in [-0.2, 0) is 5.41 Å². The van der Waals surface area contributed by atoms with E-state index in [1.165, 1.54) is 73.8 Å². The highest BCUT2D eigenvalue weighted by molar-refractivity contribution is 7.28. The minimum absolute atomic E-state index is 0.131. The van der Waals surface area contributed by atoms with Crippen LogP contribution in [-0.4, -0.2) is 6.71 Å². The summed E-state index contributed by atoms with van der Waals surface area (Å²) in [7, 11) is 0. The second-order valence-electron chi connectivity index (χ2n) is 12.1. The summed E-state index contributed by atoms with van der Waals surface area (Å²) < 4.78 is 0. The molecule has 0 saturated carbocycles. The SMILES string of the molecule is CC1(C)c2ccccc2B2c3cc(-c4ccccc4)sc3N(c3ccc(-c4ccccc4)s3)c3sc(-c4ccccc4)c1c32. The molecule has 1 nitrogen and oxygen atoms in total. The van der Waals surface area contributed by atoms with E-state index in [9.17, 15) is 0 Å². The van der Waals surface area contributed by atoms with Crippen molar-refractivity contribution >= 4 is 72.1 Å². The highest BCUT2D eigenvalue weighted by atomic mass is 32.1. The first-order chi connectivity index (χ1) is 21.6. The molecule has 3 aromatic heterocycles. The van der Waals surface area contributed by atoms with Crippen LogP contribution >= 0.6 is 34.0 Å². The zero-order chi connectivity index (χ0) is 29.4. The number of hydrogen-bond donors (Lipinski definition) is 0. The summed E-state index contributed by atoms with van der Waals surface area (Å²) >= 11 is 5.79. The molecule has 0 fully saturated rings. The van der Waals surface area contributed by atoms with Crippen LogP contribution in [0.2, 0.25) is 0 Å². The Kier molecular flexibility index (Phi) is 5.93. The van der Waals surface area contributed by atoms with Gasteiger partial charge in [-0.1, -0.05) is 135 Å². The van der Waals surface area contributed by atoms with Gasteiger partial charge in [0.15, 0.2) is 0 Å². The predicted octanol–water partition coefficient (Wildman–Crippen LogP) is 9.81. The van der Waals surface area contributed by atoms with Crippen LogP contribution < -0.4 is 21.3 Å². The summed E-state index contributed by atoms with van der Waals surface area (Å²) in [6, 6.07) is 49.0. The molecule has 44 heavy (non-hydrogen) atoms. The molecule has 210 valence electrons. The number of anilines is 3. The van der Waals surface area contributed by atoms with Gasteiger partial charge in [0.25, 0.3) is 0 Å². The zero-order valence-electron chi connectivity index (χ0n) is 24.5. The van der Waals surface area contributed by atoms with Gasteiger partial charge in [0.05, 0.1) is 10.0 Å². The summed E-state index contributed by atoms with van der Waals surface area (Å²) in [6.45, 7) is 5.06. The third kappa shape index (κ3) is 3.83. The van der Waals surface area contributed by atoms with Crippen molar-refractivity contribution in [3.63, 3.8) is 0 Å². The van der Waals surface area contributed by atoms with Crippen molar-refractivity contribution in [2.75, 3.05) is 4.90 Å². The second kappa shape index (κ2) is 9.93. The first-order valence-electron chi connectivity index (χ1n) is 15.1. The van der Waals surface area contributed by atoms with Gasteiger partial charge in [0.1, 0.15) is 5.00 Å². The molecule has 0 aliphatic carbocycles. The molecule has 4 aromatic carbocycles. The Bertz CT molecular complexity index is 2160. The van der Waals surface area contributed by atoms with Crippen LogP contribution in [0, 0.1) is 0 Å². The Morgan fingerprint density at radius 2 is 1.16 bits per heavy atom. The van der Waals surface area contributed by atoms with Gasteiger partial charge in [-0.2, -0.15) is 0 Å². The van der Waals surface area contributed by atoms with Gasteiger partial charge in [-0.25, -0.2) is 0 Å². The van der Waals surface area contributed by atoms with E-state index in [0.29, 0.717) is 0 Å². The number of benzene rings is 4. The second-order valence-corrected chi connectivity index (χ2v) is 15.2. The van der Waals surface area contributed by atoms with E-state index in [2.05, 4.69) is 152 Å². The number of rotatable bonds is 4. The Morgan fingerprint density at radius 1 is 0.545 bits per heavy atom. The third-order valence-corrected chi connectivity index (χ3v) is 12.8. The largest absolute Gasteiger partial charge is 0.285 e. The molecule has 0 radical (unpaired) electrons. The smallest absolute Gasteiger partial charge is 0.249 e. The van der Waals surface area contributed by atoms with Crippen molar-refractivity contribution in [1.29, 1.82) is 0 Å². The molecule has 0 unspecified atom stereocenters. The molecule has 7 aromatic rings. The monoisotopic (exact) mass is 617 g/mol. The maximum atomic E-state index is 2.60. The fraction of sp³-hybridized carbons (Fsp3) is 0.0769. The average Bonchev–Trinajstić information content (AvgIpc) is 3.83. The molecule has 0 N–H and O–H groups in total.